The van der Waals surface area contributed by atoms with Gasteiger partial charge in [-0.3, -0.25) is 0 Å². The predicted octanol–water partition coefficient (Wildman–Crippen LogP) is 1.19. The van der Waals surface area contributed by atoms with Gasteiger partial charge >= 0.3 is 0 Å². The van der Waals surface area contributed by atoms with Crippen molar-refractivity contribution in [3.05, 3.63) is 17.4 Å². The van der Waals surface area contributed by atoms with Crippen LogP contribution < -0.4 is 5.73 Å². The minimum absolute atomic E-state index is 0.379. The van der Waals surface area contributed by atoms with Crippen molar-refractivity contribution in [2.45, 2.75) is 0 Å². The van der Waals surface area contributed by atoms with E-state index in [1.807, 2.05) is 0 Å². The quantitative estimate of drug-likeness (QED) is 0.581. The Hall–Kier alpha value is -1.29. The summed E-state index contributed by atoms with van der Waals surface area (Å²) in [4.78, 5) is 10.7. The fourth-order valence-corrected chi connectivity index (χ4v) is 1.06. The van der Waals surface area contributed by atoms with E-state index in [-0.39, 0.29) is 0 Å². The summed E-state index contributed by atoms with van der Waals surface area (Å²) in [5.74, 6) is 0.379. The lowest BCUT2D eigenvalue weighted by molar-refractivity contribution is 1.33. The summed E-state index contributed by atoms with van der Waals surface area (Å²) in [7, 11) is 0. The van der Waals surface area contributed by atoms with Gasteiger partial charge < -0.3 is 10.7 Å². The van der Waals surface area contributed by atoms with Crippen molar-refractivity contribution >= 4 is 28.6 Å². The van der Waals surface area contributed by atoms with Crippen LogP contribution in [-0.4, -0.2) is 15.0 Å². The number of anilines is 1. The molecule has 4 nitrogen and oxygen atoms in total. The normalized spacial score (nSPS) is 10.6. The molecule has 2 aromatic heterocycles. The van der Waals surface area contributed by atoms with Crippen LogP contribution in [0.4, 0.5) is 5.95 Å². The van der Waals surface area contributed by atoms with E-state index >= 15 is 0 Å². The van der Waals surface area contributed by atoms with Gasteiger partial charge in [-0.2, -0.15) is 0 Å². The van der Waals surface area contributed by atoms with Crippen molar-refractivity contribution in [2.24, 2.45) is 0 Å². The molecule has 0 saturated heterocycles. The Kier molecular flexibility index (Phi) is 1.22. The van der Waals surface area contributed by atoms with Crippen LogP contribution in [0.5, 0.6) is 0 Å². The van der Waals surface area contributed by atoms with Crippen LogP contribution in [0, 0.1) is 0 Å². The van der Waals surface area contributed by atoms with Crippen LogP contribution >= 0.6 is 11.6 Å². The maximum Gasteiger partial charge on any atom is 0.198 e. The summed E-state index contributed by atoms with van der Waals surface area (Å²) >= 11 is 5.62. The number of nitrogens with two attached hydrogens (primary N) is 1. The lowest BCUT2D eigenvalue weighted by Crippen LogP contribution is -1.84. The number of aromatic amines is 1. The summed E-state index contributed by atoms with van der Waals surface area (Å²) in [6, 6.07) is 1.66. The van der Waals surface area contributed by atoms with E-state index in [1.165, 1.54) is 0 Å². The molecule has 0 amide bonds. The van der Waals surface area contributed by atoms with Crippen molar-refractivity contribution in [1.82, 2.24) is 15.0 Å². The predicted molar refractivity (Wildman–Crippen MR) is 43.3 cm³/mol. The van der Waals surface area contributed by atoms with Gasteiger partial charge in [0.2, 0.25) is 0 Å². The molecular formula is C6H5ClN4. The first-order valence-electron chi connectivity index (χ1n) is 3.02. The van der Waals surface area contributed by atoms with Gasteiger partial charge in [-0.1, -0.05) is 11.6 Å². The second-order valence-electron chi connectivity index (χ2n) is 2.15. The molecule has 0 spiro atoms. The highest BCUT2D eigenvalue weighted by atomic mass is 35.5. The molecule has 0 bridgehead atoms. The molecule has 0 radical (unpaired) electrons. The lowest BCUT2D eigenvalue weighted by atomic mass is 10.4. The number of halogens is 1. The van der Waals surface area contributed by atoms with Gasteiger partial charge in [-0.15, -0.1) is 0 Å². The summed E-state index contributed by atoms with van der Waals surface area (Å²) in [6.07, 6.45) is 1.60. The molecule has 11 heavy (non-hydrogen) atoms. The summed E-state index contributed by atoms with van der Waals surface area (Å²) < 4.78 is 0. The number of rotatable bonds is 0. The molecule has 0 aliphatic rings. The topological polar surface area (TPSA) is 67.6 Å². The van der Waals surface area contributed by atoms with Gasteiger partial charge in [0.15, 0.2) is 5.95 Å². The number of imidazole rings is 1. The summed E-state index contributed by atoms with van der Waals surface area (Å²) in [6.45, 7) is 0. The minimum atomic E-state index is 0.379. The van der Waals surface area contributed by atoms with Gasteiger partial charge in [-0.05, 0) is 0 Å². The largest absolute Gasteiger partial charge is 0.369 e. The van der Waals surface area contributed by atoms with Crippen LogP contribution in [0.15, 0.2) is 12.3 Å². The number of H-pyrrole nitrogens is 1. The Morgan fingerprint density at radius 3 is 3.18 bits per heavy atom. The Balaban J connectivity index is 2.82. The summed E-state index contributed by atoms with van der Waals surface area (Å²) in [5.41, 5.74) is 6.94. The van der Waals surface area contributed by atoms with Crippen LogP contribution in [0.2, 0.25) is 5.15 Å². The molecule has 56 valence electrons. The van der Waals surface area contributed by atoms with Crippen LogP contribution in [0.3, 0.4) is 0 Å². The van der Waals surface area contributed by atoms with E-state index in [4.69, 9.17) is 17.3 Å². The first kappa shape index (κ1) is 6.42. The SMILES string of the molecule is Nc1nc2cc(Cl)ncc2[nH]1. The van der Waals surface area contributed by atoms with Crippen molar-refractivity contribution in [1.29, 1.82) is 0 Å². The van der Waals surface area contributed by atoms with Crippen LogP contribution in [-0.2, 0) is 0 Å². The molecule has 2 aromatic rings. The van der Waals surface area contributed by atoms with Gasteiger partial charge in [0, 0.05) is 6.07 Å². The highest BCUT2D eigenvalue weighted by molar-refractivity contribution is 6.29. The monoisotopic (exact) mass is 168 g/mol. The average Bonchev–Trinajstić information content (AvgIpc) is 2.27. The molecule has 0 aromatic carbocycles. The van der Waals surface area contributed by atoms with Crippen molar-refractivity contribution < 1.29 is 0 Å². The van der Waals surface area contributed by atoms with Gasteiger partial charge in [0.25, 0.3) is 0 Å². The van der Waals surface area contributed by atoms with Crippen molar-refractivity contribution in [3.8, 4) is 0 Å². The number of nitrogens with one attached hydrogen (secondary N) is 1. The number of pyridine rings is 1. The maximum atomic E-state index is 5.62. The fourth-order valence-electron chi connectivity index (χ4n) is 0.905. The fraction of sp³-hybridized carbons (Fsp3) is 0. The minimum Gasteiger partial charge on any atom is -0.369 e. The molecule has 0 unspecified atom stereocenters. The van der Waals surface area contributed by atoms with Crippen molar-refractivity contribution in [2.75, 3.05) is 5.73 Å². The van der Waals surface area contributed by atoms with E-state index in [0.29, 0.717) is 11.1 Å². The second kappa shape index (κ2) is 2.10. The molecule has 2 rings (SSSR count). The van der Waals surface area contributed by atoms with Crippen LogP contribution in [0.25, 0.3) is 11.0 Å². The summed E-state index contributed by atoms with van der Waals surface area (Å²) in [5, 5.41) is 0.420. The Bertz CT molecular complexity index is 394. The number of fused-ring (bicyclic) bond motifs is 1. The molecular weight excluding hydrogens is 164 g/mol. The smallest absolute Gasteiger partial charge is 0.198 e. The number of hydrogen-bond donors (Lipinski definition) is 2. The van der Waals surface area contributed by atoms with E-state index in [9.17, 15) is 0 Å². The zero-order valence-electron chi connectivity index (χ0n) is 5.50. The third-order valence-corrected chi connectivity index (χ3v) is 1.56. The van der Waals surface area contributed by atoms with Crippen molar-refractivity contribution in [3.63, 3.8) is 0 Å². The third-order valence-electron chi connectivity index (χ3n) is 1.35. The van der Waals surface area contributed by atoms with E-state index < -0.39 is 0 Å². The second-order valence-corrected chi connectivity index (χ2v) is 2.53. The molecule has 0 aliphatic carbocycles. The Morgan fingerprint density at radius 2 is 2.36 bits per heavy atom. The first-order valence-corrected chi connectivity index (χ1v) is 3.40. The molecule has 0 aliphatic heterocycles. The van der Waals surface area contributed by atoms with E-state index in [0.717, 1.165) is 11.0 Å². The maximum absolute atomic E-state index is 5.62. The Morgan fingerprint density at radius 1 is 1.55 bits per heavy atom. The molecule has 0 saturated carbocycles. The molecule has 3 N–H and O–H groups in total. The highest BCUT2D eigenvalue weighted by Crippen LogP contribution is 2.14. The molecule has 2 heterocycles. The number of hydrogen-bond acceptors (Lipinski definition) is 3. The third kappa shape index (κ3) is 1.01. The Labute approximate surface area is 67.4 Å². The number of nitrogen functional groups attached to an aromatic ring is 1. The molecule has 5 heteroatoms. The van der Waals surface area contributed by atoms with E-state index in [1.54, 1.807) is 12.3 Å². The standard InChI is InChI=1S/C6H5ClN4/c7-5-1-3-4(2-9-5)11-6(8)10-3/h1-2H,(H3,8,10,11). The molecule has 0 fully saturated rings. The number of aromatic nitrogens is 3. The van der Waals surface area contributed by atoms with Crippen LogP contribution in [0.1, 0.15) is 0 Å². The number of nitrogens with zero attached hydrogens (tertiary/aromatic N) is 2. The van der Waals surface area contributed by atoms with E-state index in [2.05, 4.69) is 15.0 Å². The average molecular weight is 169 g/mol. The van der Waals surface area contributed by atoms with Gasteiger partial charge in [0.1, 0.15) is 5.15 Å². The zero-order chi connectivity index (χ0) is 7.84. The van der Waals surface area contributed by atoms with Gasteiger partial charge in [-0.25, -0.2) is 9.97 Å². The first-order chi connectivity index (χ1) is 5.25. The molecule has 0 atom stereocenters. The highest BCUT2D eigenvalue weighted by Gasteiger charge is 1.99. The van der Waals surface area contributed by atoms with Gasteiger partial charge in [0.05, 0.1) is 17.2 Å². The zero-order valence-corrected chi connectivity index (χ0v) is 6.26. The lowest BCUT2D eigenvalue weighted by Gasteiger charge is -1.86.